The van der Waals surface area contributed by atoms with Crippen molar-refractivity contribution >= 4 is 5.96 Å². The molecular formula is C21H32N6O2. The number of nitro groups is 1. The first-order valence-electron chi connectivity index (χ1n) is 10.3. The Kier molecular flexibility index (Phi) is 6.54. The van der Waals surface area contributed by atoms with Gasteiger partial charge in [-0.25, -0.2) is 4.99 Å². The van der Waals surface area contributed by atoms with Gasteiger partial charge in [0.25, 0.3) is 0 Å². The van der Waals surface area contributed by atoms with Crippen molar-refractivity contribution in [3.8, 4) is 0 Å². The van der Waals surface area contributed by atoms with Crippen molar-refractivity contribution in [3.05, 3.63) is 56.9 Å². The van der Waals surface area contributed by atoms with Gasteiger partial charge in [0.15, 0.2) is 11.6 Å². The van der Waals surface area contributed by atoms with Crippen LogP contribution in [0.25, 0.3) is 0 Å². The number of rotatable bonds is 6. The Balaban J connectivity index is 1.74. The molecule has 0 amide bonds. The Bertz CT molecular complexity index is 813. The minimum Gasteiger partial charge on any atom is -0.330 e. The summed E-state index contributed by atoms with van der Waals surface area (Å²) in [6, 6.07) is 6.12. The fourth-order valence-corrected chi connectivity index (χ4v) is 4.31. The molecule has 0 aromatic heterocycles. The predicted molar refractivity (Wildman–Crippen MR) is 114 cm³/mol. The van der Waals surface area contributed by atoms with Crippen molar-refractivity contribution in [1.29, 1.82) is 0 Å². The Morgan fingerprint density at radius 3 is 2.59 bits per heavy atom. The Morgan fingerprint density at radius 1 is 1.24 bits per heavy atom. The second-order valence-corrected chi connectivity index (χ2v) is 8.38. The van der Waals surface area contributed by atoms with E-state index < -0.39 is 10.6 Å². The van der Waals surface area contributed by atoms with Crippen LogP contribution in [-0.4, -0.2) is 23.1 Å². The quantitative estimate of drug-likeness (QED) is 0.428. The molecule has 1 aromatic rings. The number of hydrogen-bond donors (Lipinski definition) is 4. The summed E-state index contributed by atoms with van der Waals surface area (Å²) in [5.41, 5.74) is 14.6. The molecule has 29 heavy (non-hydrogen) atoms. The van der Waals surface area contributed by atoms with E-state index in [1.54, 1.807) is 0 Å². The molecule has 2 aliphatic rings. The maximum atomic E-state index is 11.6. The van der Waals surface area contributed by atoms with E-state index in [0.29, 0.717) is 37.3 Å². The van der Waals surface area contributed by atoms with Crippen LogP contribution < -0.4 is 22.1 Å². The Hall–Kier alpha value is -2.45. The largest absolute Gasteiger partial charge is 0.330 e. The lowest BCUT2D eigenvalue weighted by Crippen LogP contribution is -2.64. The molecule has 1 aliphatic heterocycles. The molecule has 1 unspecified atom stereocenters. The standard InChI is InChI=1S/C21H32N6O2/c1-14-4-3-5-18(15(14)2)12-24-20-25-13-19(27(28)29)21(23,26-20)10-16-6-8-17(11-22)9-7-16/h3-5,13,16-17H,6-12,22-23H2,1-2H3,(H2,24,25,26). The number of nitrogens with two attached hydrogens (primary N) is 2. The van der Waals surface area contributed by atoms with Crippen LogP contribution in [-0.2, 0) is 6.54 Å². The van der Waals surface area contributed by atoms with E-state index in [1.165, 1.54) is 17.3 Å². The molecule has 0 radical (unpaired) electrons. The molecule has 0 saturated heterocycles. The van der Waals surface area contributed by atoms with Gasteiger partial charge in [-0.15, -0.1) is 0 Å². The molecular weight excluding hydrogens is 368 g/mol. The normalized spacial score (nSPS) is 28.4. The smallest absolute Gasteiger partial charge is 0.301 e. The molecule has 0 spiro atoms. The molecule has 1 atom stereocenters. The number of aryl methyl sites for hydroxylation is 1. The Morgan fingerprint density at radius 2 is 1.93 bits per heavy atom. The molecule has 8 heteroatoms. The highest BCUT2D eigenvalue weighted by molar-refractivity contribution is 5.83. The minimum atomic E-state index is -1.24. The van der Waals surface area contributed by atoms with E-state index in [9.17, 15) is 10.1 Å². The highest BCUT2D eigenvalue weighted by Gasteiger charge is 2.44. The van der Waals surface area contributed by atoms with E-state index >= 15 is 0 Å². The highest BCUT2D eigenvalue weighted by atomic mass is 16.6. The molecule has 1 fully saturated rings. The first kappa shape index (κ1) is 21.3. The molecule has 0 bridgehead atoms. The SMILES string of the molecule is Cc1cccc(CN=C2NC=C([N+](=O)[O-])C(N)(CC3CCC(CN)CC3)N2)c1C. The summed E-state index contributed by atoms with van der Waals surface area (Å²) in [6.45, 7) is 5.32. The lowest BCUT2D eigenvalue weighted by Gasteiger charge is -2.37. The number of nitrogens with one attached hydrogen (secondary N) is 2. The predicted octanol–water partition coefficient (Wildman–Crippen LogP) is 2.28. The topological polar surface area (TPSA) is 132 Å². The van der Waals surface area contributed by atoms with Crippen LogP contribution in [0, 0.1) is 35.8 Å². The summed E-state index contributed by atoms with van der Waals surface area (Å²) < 4.78 is 0. The van der Waals surface area contributed by atoms with Crippen molar-refractivity contribution in [2.24, 2.45) is 28.3 Å². The maximum absolute atomic E-state index is 11.6. The van der Waals surface area contributed by atoms with Gasteiger partial charge in [0.05, 0.1) is 17.7 Å². The van der Waals surface area contributed by atoms with Gasteiger partial charge < -0.3 is 16.4 Å². The van der Waals surface area contributed by atoms with Gasteiger partial charge >= 0.3 is 5.70 Å². The molecule has 1 heterocycles. The molecule has 1 aliphatic carbocycles. The average molecular weight is 401 g/mol. The number of nitrogens with zero attached hydrogens (tertiary/aromatic N) is 2. The fraction of sp³-hybridized carbons (Fsp3) is 0.571. The van der Waals surface area contributed by atoms with E-state index in [1.807, 2.05) is 12.1 Å². The summed E-state index contributed by atoms with van der Waals surface area (Å²) in [6.07, 6.45) is 5.98. The van der Waals surface area contributed by atoms with Crippen molar-refractivity contribution in [3.63, 3.8) is 0 Å². The van der Waals surface area contributed by atoms with Crippen LogP contribution in [0.3, 0.4) is 0 Å². The van der Waals surface area contributed by atoms with Gasteiger partial charge in [-0.2, -0.15) is 0 Å². The highest BCUT2D eigenvalue weighted by Crippen LogP contribution is 2.34. The third-order valence-corrected chi connectivity index (χ3v) is 6.38. The summed E-state index contributed by atoms with van der Waals surface area (Å²) in [4.78, 5) is 15.8. The van der Waals surface area contributed by atoms with Crippen LogP contribution in [0.4, 0.5) is 0 Å². The van der Waals surface area contributed by atoms with E-state index in [-0.39, 0.29) is 5.70 Å². The first-order chi connectivity index (χ1) is 13.8. The zero-order chi connectivity index (χ0) is 21.0. The minimum absolute atomic E-state index is 0.0517. The van der Waals surface area contributed by atoms with Crippen LogP contribution >= 0.6 is 0 Å². The molecule has 3 rings (SSSR count). The molecule has 8 nitrogen and oxygen atoms in total. The number of benzene rings is 1. The lowest BCUT2D eigenvalue weighted by atomic mass is 9.77. The second kappa shape index (κ2) is 8.92. The lowest BCUT2D eigenvalue weighted by molar-refractivity contribution is -0.437. The van der Waals surface area contributed by atoms with Gasteiger partial charge in [0, 0.05) is 0 Å². The van der Waals surface area contributed by atoms with Crippen molar-refractivity contribution in [2.75, 3.05) is 6.54 Å². The third kappa shape index (κ3) is 4.94. The van der Waals surface area contributed by atoms with Crippen molar-refractivity contribution < 1.29 is 4.92 Å². The summed E-state index contributed by atoms with van der Waals surface area (Å²) >= 11 is 0. The summed E-state index contributed by atoms with van der Waals surface area (Å²) in [5, 5.41) is 17.6. The maximum Gasteiger partial charge on any atom is 0.301 e. The van der Waals surface area contributed by atoms with E-state index in [4.69, 9.17) is 11.5 Å². The molecule has 158 valence electrons. The zero-order valence-corrected chi connectivity index (χ0v) is 17.3. The van der Waals surface area contributed by atoms with Crippen LogP contribution in [0.1, 0.15) is 48.8 Å². The van der Waals surface area contributed by atoms with Gasteiger partial charge in [-0.05, 0) is 81.0 Å². The second-order valence-electron chi connectivity index (χ2n) is 8.38. The summed E-state index contributed by atoms with van der Waals surface area (Å²) in [7, 11) is 0. The van der Waals surface area contributed by atoms with Crippen LogP contribution in [0.15, 0.2) is 35.1 Å². The van der Waals surface area contributed by atoms with E-state index in [0.717, 1.165) is 31.2 Å². The van der Waals surface area contributed by atoms with Gasteiger partial charge in [0.2, 0.25) is 0 Å². The summed E-state index contributed by atoms with van der Waals surface area (Å²) in [5.74, 6) is 1.35. The molecule has 6 N–H and O–H groups in total. The molecule has 1 aromatic carbocycles. The number of hydrogen-bond acceptors (Lipinski definition) is 5. The van der Waals surface area contributed by atoms with Crippen LogP contribution in [0.2, 0.25) is 0 Å². The van der Waals surface area contributed by atoms with Gasteiger partial charge in [-0.1, -0.05) is 18.2 Å². The van der Waals surface area contributed by atoms with Crippen molar-refractivity contribution in [2.45, 2.75) is 58.2 Å². The van der Waals surface area contributed by atoms with Gasteiger partial charge in [0.1, 0.15) is 0 Å². The first-order valence-corrected chi connectivity index (χ1v) is 10.3. The molecule has 1 saturated carbocycles. The monoisotopic (exact) mass is 400 g/mol. The zero-order valence-electron chi connectivity index (χ0n) is 17.3. The number of guanidine groups is 1. The van der Waals surface area contributed by atoms with Crippen LogP contribution in [0.5, 0.6) is 0 Å². The third-order valence-electron chi connectivity index (χ3n) is 6.38. The van der Waals surface area contributed by atoms with Gasteiger partial charge in [-0.3, -0.25) is 15.8 Å². The fourth-order valence-electron chi connectivity index (χ4n) is 4.31. The Labute approximate surface area is 172 Å². The van der Waals surface area contributed by atoms with Crippen molar-refractivity contribution in [1.82, 2.24) is 10.6 Å². The average Bonchev–Trinajstić information content (AvgIpc) is 2.69. The number of aliphatic imine (C=N–C) groups is 1. The van der Waals surface area contributed by atoms with E-state index in [2.05, 4.69) is 35.5 Å².